The van der Waals surface area contributed by atoms with E-state index in [2.05, 4.69) is 6.58 Å². The molecule has 0 saturated heterocycles. The molecule has 0 aliphatic rings. The lowest BCUT2D eigenvalue weighted by molar-refractivity contribution is 0.103. The van der Waals surface area contributed by atoms with E-state index in [1.54, 1.807) is 6.92 Å². The molecule has 1 nitrogen and oxygen atoms in total. The van der Waals surface area contributed by atoms with Crippen LogP contribution in [0.15, 0.2) is 24.3 Å². The van der Waals surface area contributed by atoms with Crippen LogP contribution in [0.2, 0.25) is 0 Å². The number of aliphatic hydroxyl groups is 1. The third-order valence-electron chi connectivity index (χ3n) is 2.06. The lowest BCUT2D eigenvalue weighted by atomic mass is 9.99. The van der Waals surface area contributed by atoms with Gasteiger partial charge in [-0.1, -0.05) is 52.5 Å². The highest BCUT2D eigenvalue weighted by atomic mass is 35.6. The first-order valence-corrected chi connectivity index (χ1v) is 5.88. The second-order valence-electron chi connectivity index (χ2n) is 3.94. The van der Waals surface area contributed by atoms with Crippen LogP contribution in [0, 0.1) is 0 Å². The summed E-state index contributed by atoms with van der Waals surface area (Å²) in [7, 11) is 0. The minimum Gasteiger partial charge on any atom is -0.386 e. The summed E-state index contributed by atoms with van der Waals surface area (Å²) in [6, 6.07) is 0. The van der Waals surface area contributed by atoms with Gasteiger partial charge in [-0.25, -0.2) is 0 Å². The van der Waals surface area contributed by atoms with E-state index in [-0.39, 0.29) is 0 Å². The summed E-state index contributed by atoms with van der Waals surface area (Å²) in [5, 5.41) is 9.64. The van der Waals surface area contributed by atoms with Crippen molar-refractivity contribution < 1.29 is 5.11 Å². The van der Waals surface area contributed by atoms with Gasteiger partial charge < -0.3 is 5.11 Å². The van der Waals surface area contributed by atoms with Crippen LogP contribution in [0.4, 0.5) is 0 Å². The van der Waals surface area contributed by atoms with E-state index in [1.165, 1.54) is 6.08 Å². The number of allylic oxidation sites excluding steroid dienone is 2. The molecule has 0 bridgehead atoms. The van der Waals surface area contributed by atoms with Gasteiger partial charge in [0.05, 0.1) is 5.60 Å². The second kappa shape index (κ2) is 6.15. The fraction of sp³-hybridized carbons (Fsp3) is 0.636. The van der Waals surface area contributed by atoms with Crippen LogP contribution in [-0.2, 0) is 0 Å². The Morgan fingerprint density at radius 1 is 1.40 bits per heavy atom. The Morgan fingerprint density at radius 2 is 1.93 bits per heavy atom. The molecule has 0 aromatic carbocycles. The molecule has 15 heavy (non-hydrogen) atoms. The van der Waals surface area contributed by atoms with Gasteiger partial charge in [-0.3, -0.25) is 0 Å². The zero-order valence-corrected chi connectivity index (χ0v) is 11.3. The fourth-order valence-electron chi connectivity index (χ4n) is 1.10. The zero-order chi connectivity index (χ0) is 12.1. The highest BCUT2D eigenvalue weighted by molar-refractivity contribution is 6.67. The summed E-state index contributed by atoms with van der Waals surface area (Å²) in [5.41, 5.74) is 0.186. The van der Waals surface area contributed by atoms with Crippen molar-refractivity contribution in [2.24, 2.45) is 0 Å². The molecule has 0 rings (SSSR count). The first kappa shape index (κ1) is 15.3. The molecular formula is C11H17Cl3O. The quantitative estimate of drug-likeness (QED) is 0.580. The smallest absolute Gasteiger partial charge is 0.194 e. The van der Waals surface area contributed by atoms with Gasteiger partial charge >= 0.3 is 0 Å². The molecular weight excluding hydrogens is 254 g/mol. The predicted octanol–water partition coefficient (Wildman–Crippen LogP) is 4.41. The maximum atomic E-state index is 9.64. The highest BCUT2D eigenvalue weighted by Gasteiger charge is 2.20. The van der Waals surface area contributed by atoms with Crippen molar-refractivity contribution in [1.29, 1.82) is 0 Å². The standard InChI is InChI=1S/C11H17Cl3O/c1-4-10(3,15)7-5-6-9(2)8-11(12,13)14/h4,6,15H,1,5,7-8H2,2-3H3. The number of hydrogen-bond donors (Lipinski definition) is 1. The number of rotatable bonds is 5. The van der Waals surface area contributed by atoms with Crippen molar-refractivity contribution in [3.05, 3.63) is 24.3 Å². The van der Waals surface area contributed by atoms with Crippen LogP contribution in [-0.4, -0.2) is 14.5 Å². The maximum Gasteiger partial charge on any atom is 0.194 e. The topological polar surface area (TPSA) is 20.2 Å². The summed E-state index contributed by atoms with van der Waals surface area (Å²) in [5.74, 6) is 0. The van der Waals surface area contributed by atoms with Gasteiger partial charge in [-0.15, -0.1) is 6.58 Å². The van der Waals surface area contributed by atoms with Crippen LogP contribution < -0.4 is 0 Å². The summed E-state index contributed by atoms with van der Waals surface area (Å²) >= 11 is 16.9. The van der Waals surface area contributed by atoms with Crippen molar-refractivity contribution in [1.82, 2.24) is 0 Å². The van der Waals surface area contributed by atoms with Gasteiger partial charge in [0, 0.05) is 6.42 Å². The van der Waals surface area contributed by atoms with Gasteiger partial charge in [-0.05, 0) is 26.7 Å². The molecule has 0 aliphatic carbocycles. The Morgan fingerprint density at radius 3 is 2.33 bits per heavy atom. The Hall–Kier alpha value is 0.310. The predicted molar refractivity (Wildman–Crippen MR) is 68.7 cm³/mol. The molecule has 0 fully saturated rings. The summed E-state index contributed by atoms with van der Waals surface area (Å²) < 4.78 is -1.23. The van der Waals surface area contributed by atoms with Crippen LogP contribution in [0.1, 0.15) is 33.1 Å². The summed E-state index contributed by atoms with van der Waals surface area (Å²) in [6.45, 7) is 7.18. The van der Waals surface area contributed by atoms with Crippen molar-refractivity contribution in [3.8, 4) is 0 Å². The van der Waals surface area contributed by atoms with Crippen LogP contribution in [0.25, 0.3) is 0 Å². The normalized spacial score (nSPS) is 17.3. The van der Waals surface area contributed by atoms with Gasteiger partial charge in [-0.2, -0.15) is 0 Å². The molecule has 0 aromatic rings. The molecule has 0 radical (unpaired) electrons. The molecule has 0 saturated carbocycles. The lowest BCUT2D eigenvalue weighted by Gasteiger charge is -2.17. The Bertz CT molecular complexity index is 239. The van der Waals surface area contributed by atoms with Crippen LogP contribution >= 0.6 is 34.8 Å². The monoisotopic (exact) mass is 270 g/mol. The van der Waals surface area contributed by atoms with E-state index >= 15 is 0 Å². The van der Waals surface area contributed by atoms with E-state index in [1.807, 2.05) is 13.0 Å². The Kier molecular flexibility index (Phi) is 6.27. The molecule has 0 spiro atoms. The zero-order valence-electron chi connectivity index (χ0n) is 9.06. The average molecular weight is 272 g/mol. The lowest BCUT2D eigenvalue weighted by Crippen LogP contribution is -2.19. The van der Waals surface area contributed by atoms with Crippen molar-refractivity contribution in [2.45, 2.75) is 42.5 Å². The van der Waals surface area contributed by atoms with Gasteiger partial charge in [0.25, 0.3) is 0 Å². The van der Waals surface area contributed by atoms with E-state index in [0.717, 1.165) is 12.0 Å². The van der Waals surface area contributed by atoms with E-state index in [9.17, 15) is 5.11 Å². The second-order valence-corrected chi connectivity index (χ2v) is 6.46. The summed E-state index contributed by atoms with van der Waals surface area (Å²) in [6.07, 6.45) is 5.28. The molecule has 1 N–H and O–H groups in total. The van der Waals surface area contributed by atoms with Gasteiger partial charge in [0.1, 0.15) is 0 Å². The Labute approximate surface area is 107 Å². The van der Waals surface area contributed by atoms with Crippen molar-refractivity contribution >= 4 is 34.8 Å². The van der Waals surface area contributed by atoms with E-state index < -0.39 is 9.39 Å². The van der Waals surface area contributed by atoms with Crippen molar-refractivity contribution in [2.75, 3.05) is 0 Å². The molecule has 0 aliphatic heterocycles. The van der Waals surface area contributed by atoms with E-state index in [0.29, 0.717) is 12.8 Å². The molecule has 0 aromatic heterocycles. The fourth-order valence-corrected chi connectivity index (χ4v) is 1.73. The number of hydrogen-bond acceptors (Lipinski definition) is 1. The molecule has 0 heterocycles. The van der Waals surface area contributed by atoms with Crippen LogP contribution in [0.3, 0.4) is 0 Å². The minimum atomic E-state index is -1.23. The first-order valence-electron chi connectivity index (χ1n) is 4.75. The van der Waals surface area contributed by atoms with Gasteiger partial charge in [0.15, 0.2) is 3.79 Å². The molecule has 1 atom stereocenters. The minimum absolute atomic E-state index is 0.411. The SMILES string of the molecule is C=CC(C)(O)CCC=C(C)CC(Cl)(Cl)Cl. The third-order valence-corrected chi connectivity index (χ3v) is 2.46. The van der Waals surface area contributed by atoms with Crippen LogP contribution in [0.5, 0.6) is 0 Å². The van der Waals surface area contributed by atoms with Crippen molar-refractivity contribution in [3.63, 3.8) is 0 Å². The maximum absolute atomic E-state index is 9.64. The molecule has 88 valence electrons. The Balaban J connectivity index is 4.03. The number of alkyl halides is 3. The largest absolute Gasteiger partial charge is 0.386 e. The highest BCUT2D eigenvalue weighted by Crippen LogP contribution is 2.33. The summed E-state index contributed by atoms with van der Waals surface area (Å²) in [4.78, 5) is 0. The van der Waals surface area contributed by atoms with E-state index in [4.69, 9.17) is 34.8 Å². The molecule has 0 amide bonds. The molecule has 1 unspecified atom stereocenters. The third kappa shape index (κ3) is 9.25. The first-order chi connectivity index (χ1) is 6.66. The average Bonchev–Trinajstić information content (AvgIpc) is 2.00. The number of halogens is 3. The van der Waals surface area contributed by atoms with Gasteiger partial charge in [0.2, 0.25) is 0 Å². The molecule has 4 heteroatoms.